The van der Waals surface area contributed by atoms with Crippen molar-refractivity contribution in [2.45, 2.75) is 39.8 Å². The number of hydrogen-bond acceptors (Lipinski definition) is 4. The van der Waals surface area contributed by atoms with E-state index < -0.39 is 0 Å². The predicted molar refractivity (Wildman–Crippen MR) is 132 cm³/mol. The van der Waals surface area contributed by atoms with E-state index >= 15 is 0 Å². The molecule has 0 spiro atoms. The second-order valence-corrected chi connectivity index (χ2v) is 9.79. The molecule has 4 rings (SSSR count). The van der Waals surface area contributed by atoms with Crippen LogP contribution in [-0.2, 0) is 4.79 Å². The van der Waals surface area contributed by atoms with E-state index in [1.165, 1.54) is 9.75 Å². The summed E-state index contributed by atoms with van der Waals surface area (Å²) in [6, 6.07) is 16.3. The van der Waals surface area contributed by atoms with Crippen molar-refractivity contribution in [1.82, 2.24) is 10.3 Å². The normalized spacial score (nSPS) is 18.4. The monoisotopic (exact) mass is 450 g/mol. The summed E-state index contributed by atoms with van der Waals surface area (Å²) < 4.78 is 0. The highest BCUT2D eigenvalue weighted by atomic mass is 32.1. The van der Waals surface area contributed by atoms with Crippen molar-refractivity contribution < 1.29 is 4.79 Å². The van der Waals surface area contributed by atoms with Gasteiger partial charge in [0.2, 0.25) is 5.91 Å². The topological polar surface area (TPSA) is 57.3 Å². The van der Waals surface area contributed by atoms with Crippen LogP contribution < -0.4 is 15.5 Å². The lowest BCUT2D eigenvalue weighted by molar-refractivity contribution is -0.118. The number of nitrogens with one attached hydrogen (secondary N) is 2. The number of hydrogen-bond donors (Lipinski definition) is 2. The minimum absolute atomic E-state index is 0.00314. The summed E-state index contributed by atoms with van der Waals surface area (Å²) in [7, 11) is 0. The molecule has 0 bridgehead atoms. The third-order valence-electron chi connectivity index (χ3n) is 5.42. The summed E-state index contributed by atoms with van der Waals surface area (Å²) in [5.74, 6) is -0.0589. The molecule has 160 valence electrons. The average molecular weight is 451 g/mol. The van der Waals surface area contributed by atoms with Crippen LogP contribution in [0.3, 0.4) is 0 Å². The summed E-state index contributed by atoms with van der Waals surface area (Å²) >= 11 is 7.56. The minimum Gasteiger partial charge on any atom is -0.351 e. The lowest BCUT2D eigenvalue weighted by atomic mass is 10.0. The fraction of sp³-hybridized carbons (Fsp3) is 0.292. The Labute approximate surface area is 192 Å². The Hall–Kier alpha value is -2.77. The number of anilines is 2. The molecule has 1 fully saturated rings. The smallest absolute Gasteiger partial charge is 0.226 e. The van der Waals surface area contributed by atoms with E-state index in [0.29, 0.717) is 5.11 Å². The number of nitrogens with zero attached hydrogens (tertiary/aromatic N) is 2. The first-order valence-corrected chi connectivity index (χ1v) is 11.6. The van der Waals surface area contributed by atoms with E-state index in [-0.39, 0.29) is 23.9 Å². The number of carbonyl (C=O) groups is 1. The van der Waals surface area contributed by atoms with Gasteiger partial charge in [-0.25, -0.2) is 0 Å². The highest BCUT2D eigenvalue weighted by molar-refractivity contribution is 7.80. The Bertz CT molecular complexity index is 1110. The van der Waals surface area contributed by atoms with Crippen LogP contribution >= 0.6 is 23.6 Å². The largest absolute Gasteiger partial charge is 0.351 e. The van der Waals surface area contributed by atoms with E-state index in [1.54, 1.807) is 11.3 Å². The molecule has 1 aromatic carbocycles. The van der Waals surface area contributed by atoms with Gasteiger partial charge in [-0.05, 0) is 74.1 Å². The number of thiocarbonyl (C=S) groups is 1. The number of aromatic nitrogens is 1. The summed E-state index contributed by atoms with van der Waals surface area (Å²) in [6.45, 7) is 7.90. The number of thiophene rings is 1. The van der Waals surface area contributed by atoms with Crippen molar-refractivity contribution in [3.05, 3.63) is 75.7 Å². The van der Waals surface area contributed by atoms with Gasteiger partial charge >= 0.3 is 0 Å². The average Bonchev–Trinajstić information content (AvgIpc) is 3.32. The minimum atomic E-state index is -0.0694. The molecule has 2 N–H and O–H groups in total. The molecule has 2 atom stereocenters. The number of benzene rings is 1. The second-order valence-electron chi connectivity index (χ2n) is 8.09. The third-order valence-corrected chi connectivity index (χ3v) is 6.81. The van der Waals surface area contributed by atoms with Gasteiger partial charge in [0.05, 0.1) is 17.8 Å². The molecule has 31 heavy (non-hydrogen) atoms. The van der Waals surface area contributed by atoms with E-state index in [4.69, 9.17) is 12.2 Å². The summed E-state index contributed by atoms with van der Waals surface area (Å²) in [5, 5.41) is 7.17. The number of rotatable bonds is 5. The predicted octanol–water partition coefficient (Wildman–Crippen LogP) is 5.53. The fourth-order valence-electron chi connectivity index (χ4n) is 3.75. The van der Waals surface area contributed by atoms with Gasteiger partial charge in [-0.3, -0.25) is 9.78 Å². The number of aryl methyl sites for hydroxylation is 2. The van der Waals surface area contributed by atoms with E-state index in [9.17, 15) is 4.79 Å². The molecule has 5 nitrogen and oxygen atoms in total. The Morgan fingerprint density at radius 3 is 2.61 bits per heavy atom. The lowest BCUT2D eigenvalue weighted by Crippen LogP contribution is -2.29. The van der Waals surface area contributed by atoms with Gasteiger partial charge in [0, 0.05) is 33.2 Å². The van der Waals surface area contributed by atoms with Crippen LogP contribution in [-0.4, -0.2) is 16.0 Å². The van der Waals surface area contributed by atoms with Crippen LogP contribution in [0.15, 0.2) is 54.7 Å². The first-order valence-electron chi connectivity index (χ1n) is 10.3. The standard InChI is InChI=1S/C24H26N4OS2/c1-14(2)23(29)26-18-10-9-17(13-15(18)3)28-22(20-11-8-16(4)31-20)21(27-24(28)30)19-7-5-6-12-25-19/h5-14,21-22H,1-4H3,(H,26,29)(H,27,30)/t21-,22+/m0/s1. The lowest BCUT2D eigenvalue weighted by Gasteiger charge is -2.27. The second kappa shape index (κ2) is 8.77. The number of pyridine rings is 1. The zero-order chi connectivity index (χ0) is 22.1. The Morgan fingerprint density at radius 1 is 1.19 bits per heavy atom. The fourth-order valence-corrected chi connectivity index (χ4v) is 5.10. The summed E-state index contributed by atoms with van der Waals surface area (Å²) in [5.41, 5.74) is 3.77. The van der Waals surface area contributed by atoms with Gasteiger partial charge in [0.25, 0.3) is 0 Å². The molecule has 1 aliphatic heterocycles. The van der Waals surface area contributed by atoms with Crippen LogP contribution in [0.5, 0.6) is 0 Å². The van der Waals surface area contributed by atoms with Crippen molar-refractivity contribution in [2.75, 3.05) is 10.2 Å². The first kappa shape index (κ1) is 21.5. The van der Waals surface area contributed by atoms with Gasteiger partial charge in [-0.2, -0.15) is 0 Å². The molecule has 1 amide bonds. The highest BCUT2D eigenvalue weighted by Gasteiger charge is 2.41. The highest BCUT2D eigenvalue weighted by Crippen LogP contribution is 2.44. The van der Waals surface area contributed by atoms with Gasteiger partial charge in [-0.1, -0.05) is 19.9 Å². The molecule has 1 saturated heterocycles. The Balaban J connectivity index is 1.73. The molecule has 0 radical (unpaired) electrons. The molecule has 1 aliphatic rings. The number of carbonyl (C=O) groups excluding carboxylic acids is 1. The molecule has 7 heteroatoms. The summed E-state index contributed by atoms with van der Waals surface area (Å²) in [6.07, 6.45) is 1.82. The molecular weight excluding hydrogens is 424 g/mol. The maximum Gasteiger partial charge on any atom is 0.226 e. The SMILES string of the molecule is Cc1ccc([C@@H]2[C@H](c3ccccn3)NC(=S)N2c2ccc(NC(=O)C(C)C)c(C)c2)s1. The van der Waals surface area contributed by atoms with Crippen LogP contribution in [0.1, 0.15) is 46.9 Å². The van der Waals surface area contributed by atoms with Gasteiger partial charge in [0.15, 0.2) is 5.11 Å². The van der Waals surface area contributed by atoms with E-state index in [1.807, 2.05) is 57.3 Å². The van der Waals surface area contributed by atoms with Crippen LogP contribution in [0.25, 0.3) is 0 Å². The van der Waals surface area contributed by atoms with Crippen molar-refractivity contribution in [2.24, 2.45) is 5.92 Å². The quantitative estimate of drug-likeness (QED) is 0.501. The molecule has 3 aromatic rings. The van der Waals surface area contributed by atoms with Crippen molar-refractivity contribution in [3.63, 3.8) is 0 Å². The van der Waals surface area contributed by atoms with Crippen LogP contribution in [0, 0.1) is 19.8 Å². The molecule has 0 aliphatic carbocycles. The maximum absolute atomic E-state index is 12.1. The molecular formula is C24H26N4OS2. The molecule has 0 saturated carbocycles. The van der Waals surface area contributed by atoms with Gasteiger partial charge in [-0.15, -0.1) is 11.3 Å². The molecule has 3 heterocycles. The van der Waals surface area contributed by atoms with E-state index in [2.05, 4.69) is 45.6 Å². The van der Waals surface area contributed by atoms with Crippen molar-refractivity contribution in [3.8, 4) is 0 Å². The number of amides is 1. The first-order chi connectivity index (χ1) is 14.8. The summed E-state index contributed by atoms with van der Waals surface area (Å²) in [4.78, 5) is 21.4. The Kier molecular flexibility index (Phi) is 6.07. The van der Waals surface area contributed by atoms with Gasteiger partial charge < -0.3 is 15.5 Å². The third kappa shape index (κ3) is 4.34. The molecule has 2 aromatic heterocycles. The van der Waals surface area contributed by atoms with Crippen molar-refractivity contribution >= 4 is 45.9 Å². The Morgan fingerprint density at radius 2 is 2.00 bits per heavy atom. The molecule has 0 unspecified atom stereocenters. The van der Waals surface area contributed by atoms with Crippen molar-refractivity contribution in [1.29, 1.82) is 0 Å². The zero-order valence-corrected chi connectivity index (χ0v) is 19.7. The van der Waals surface area contributed by atoms with E-state index in [0.717, 1.165) is 22.6 Å². The maximum atomic E-state index is 12.1. The van der Waals surface area contributed by atoms with Crippen LogP contribution in [0.2, 0.25) is 0 Å². The van der Waals surface area contributed by atoms with Gasteiger partial charge in [0.1, 0.15) is 0 Å². The zero-order valence-electron chi connectivity index (χ0n) is 18.0. The van der Waals surface area contributed by atoms with Crippen LogP contribution in [0.4, 0.5) is 11.4 Å².